The van der Waals surface area contributed by atoms with Crippen LogP contribution in [0.2, 0.25) is 0 Å². The first-order valence-electron chi connectivity index (χ1n) is 14.1. The van der Waals surface area contributed by atoms with Crippen molar-refractivity contribution >= 4 is 23.5 Å². The molecule has 2 fully saturated rings. The molecule has 41 heavy (non-hydrogen) atoms. The number of hydrogen-bond donors (Lipinski definition) is 1. The van der Waals surface area contributed by atoms with Gasteiger partial charge in [-0.2, -0.15) is 0 Å². The molecule has 2 aromatic rings. The summed E-state index contributed by atoms with van der Waals surface area (Å²) in [5.41, 5.74) is 0.145. The van der Waals surface area contributed by atoms with Crippen molar-refractivity contribution in [2.45, 2.75) is 43.1 Å². The van der Waals surface area contributed by atoms with Gasteiger partial charge in [-0.25, -0.2) is 0 Å². The summed E-state index contributed by atoms with van der Waals surface area (Å²) in [6.07, 6.45) is 8.41. The number of aliphatic hydroxyl groups is 1. The zero-order valence-electron chi connectivity index (χ0n) is 22.9. The van der Waals surface area contributed by atoms with E-state index in [1.54, 1.807) is 42.4 Å². The third kappa shape index (κ3) is 4.63. The van der Waals surface area contributed by atoms with Crippen LogP contribution < -0.4 is 9.64 Å². The Bertz CT molecular complexity index is 1360. The zero-order valence-corrected chi connectivity index (χ0v) is 22.9. The van der Waals surface area contributed by atoms with Crippen LogP contribution in [0.1, 0.15) is 18.4 Å². The van der Waals surface area contributed by atoms with Crippen molar-refractivity contribution in [3.05, 3.63) is 84.5 Å². The highest BCUT2D eigenvalue weighted by Gasteiger charge is 2.72. The number of fused-ring (bicyclic) bond motifs is 2. The third-order valence-electron chi connectivity index (χ3n) is 8.59. The van der Waals surface area contributed by atoms with Gasteiger partial charge in [-0.05, 0) is 49.1 Å². The minimum atomic E-state index is -1.41. The lowest BCUT2D eigenvalue weighted by Gasteiger charge is -2.38. The Morgan fingerprint density at radius 3 is 2.56 bits per heavy atom. The Kier molecular flexibility index (Phi) is 7.40. The first-order chi connectivity index (χ1) is 20.0. The van der Waals surface area contributed by atoms with Crippen molar-refractivity contribution in [2.75, 3.05) is 31.8 Å². The fraction of sp³-hybridized carbons (Fsp3) is 0.406. The van der Waals surface area contributed by atoms with E-state index in [9.17, 15) is 19.5 Å². The van der Waals surface area contributed by atoms with Gasteiger partial charge in [-0.15, -0.1) is 0 Å². The number of methoxy groups -OCH3 is 1. The second-order valence-corrected chi connectivity index (χ2v) is 10.9. The van der Waals surface area contributed by atoms with E-state index in [2.05, 4.69) is 0 Å². The number of ether oxygens (including phenoxy) is 3. The maximum atomic E-state index is 14.6. The lowest BCUT2D eigenvalue weighted by atomic mass is 9.78. The summed E-state index contributed by atoms with van der Waals surface area (Å²) in [4.78, 5) is 45.6. The monoisotopic (exact) mass is 558 g/mol. The average molecular weight is 559 g/mol. The molecule has 4 aliphatic heterocycles. The Balaban J connectivity index is 1.46. The van der Waals surface area contributed by atoms with Crippen molar-refractivity contribution in [1.29, 1.82) is 0 Å². The number of rotatable bonds is 6. The van der Waals surface area contributed by atoms with Crippen LogP contribution in [-0.4, -0.2) is 78.4 Å². The summed E-state index contributed by atoms with van der Waals surface area (Å²) in [6.45, 7) is 0.137. The van der Waals surface area contributed by atoms with E-state index >= 15 is 0 Å². The number of cyclic esters (lactones) is 1. The normalized spacial score (nSPS) is 30.7. The predicted molar refractivity (Wildman–Crippen MR) is 150 cm³/mol. The maximum Gasteiger partial charge on any atom is 0.312 e. The van der Waals surface area contributed by atoms with Gasteiger partial charge >= 0.3 is 5.97 Å². The van der Waals surface area contributed by atoms with E-state index in [0.717, 1.165) is 5.56 Å². The predicted octanol–water partition coefficient (Wildman–Crippen LogP) is 2.68. The molecule has 2 amide bonds. The summed E-state index contributed by atoms with van der Waals surface area (Å²) in [5, 5.41) is 10.6. The number of amides is 2. The smallest absolute Gasteiger partial charge is 0.312 e. The molecule has 0 aliphatic carbocycles. The van der Waals surface area contributed by atoms with Crippen LogP contribution in [0.3, 0.4) is 0 Å². The highest BCUT2D eigenvalue weighted by molar-refractivity contribution is 6.05. The van der Waals surface area contributed by atoms with Crippen LogP contribution in [0.5, 0.6) is 5.75 Å². The van der Waals surface area contributed by atoms with Gasteiger partial charge in [0, 0.05) is 12.2 Å². The Morgan fingerprint density at radius 1 is 1.05 bits per heavy atom. The number of allylic oxidation sites excluding steroid dienone is 1. The number of benzene rings is 2. The van der Waals surface area contributed by atoms with Crippen molar-refractivity contribution in [2.24, 2.45) is 11.8 Å². The molecular weight excluding hydrogens is 524 g/mol. The second kappa shape index (κ2) is 11.1. The molecule has 6 rings (SSSR count). The summed E-state index contributed by atoms with van der Waals surface area (Å²) in [6, 6.07) is 14.9. The van der Waals surface area contributed by atoms with Crippen LogP contribution in [0.4, 0.5) is 5.69 Å². The number of aliphatic hydroxyl groups excluding tert-OH is 1. The van der Waals surface area contributed by atoms with Gasteiger partial charge in [-0.3, -0.25) is 14.4 Å². The fourth-order valence-electron chi connectivity index (χ4n) is 6.72. The number of carbonyl (C=O) groups excluding carboxylic acids is 3. The number of anilines is 1. The summed E-state index contributed by atoms with van der Waals surface area (Å²) in [5.74, 6) is -2.47. The van der Waals surface area contributed by atoms with E-state index in [0.29, 0.717) is 30.7 Å². The molecule has 1 unspecified atom stereocenters. The molecular formula is C32H34N2O7. The molecule has 0 saturated carbocycles. The van der Waals surface area contributed by atoms with Crippen LogP contribution in [0.15, 0.2) is 78.9 Å². The summed E-state index contributed by atoms with van der Waals surface area (Å²) >= 11 is 0. The molecule has 0 bridgehead atoms. The van der Waals surface area contributed by atoms with Crippen molar-refractivity contribution in [3.8, 4) is 5.75 Å². The molecule has 2 saturated heterocycles. The molecule has 0 radical (unpaired) electrons. The van der Waals surface area contributed by atoms with Gasteiger partial charge < -0.3 is 29.1 Å². The molecule has 4 heterocycles. The van der Waals surface area contributed by atoms with Crippen molar-refractivity contribution in [3.63, 3.8) is 0 Å². The van der Waals surface area contributed by atoms with E-state index in [1.165, 1.54) is 4.90 Å². The highest BCUT2D eigenvalue weighted by atomic mass is 16.6. The quantitative estimate of drug-likeness (QED) is 0.429. The average Bonchev–Trinajstić information content (AvgIpc) is 3.41. The molecule has 1 spiro atoms. The van der Waals surface area contributed by atoms with Crippen LogP contribution >= 0.6 is 0 Å². The number of nitrogens with zero attached hydrogens (tertiary/aromatic N) is 2. The van der Waals surface area contributed by atoms with E-state index in [-0.39, 0.29) is 25.7 Å². The maximum absolute atomic E-state index is 14.6. The minimum Gasteiger partial charge on any atom is -0.497 e. The number of likely N-dealkylation sites (tertiary alicyclic amines) is 1. The van der Waals surface area contributed by atoms with Gasteiger partial charge in [-0.1, -0.05) is 54.6 Å². The lowest BCUT2D eigenvalue weighted by Crippen LogP contribution is -2.58. The Morgan fingerprint density at radius 2 is 1.83 bits per heavy atom. The number of hydrogen-bond acceptors (Lipinski definition) is 7. The Hall–Kier alpha value is -3.95. The molecule has 9 nitrogen and oxygen atoms in total. The van der Waals surface area contributed by atoms with Crippen molar-refractivity contribution in [1.82, 2.24) is 4.90 Å². The molecule has 2 aromatic carbocycles. The number of carbonyl (C=O) groups is 3. The van der Waals surface area contributed by atoms with E-state index in [1.807, 2.05) is 48.6 Å². The molecule has 1 N–H and O–H groups in total. The third-order valence-corrected chi connectivity index (χ3v) is 8.59. The van der Waals surface area contributed by atoms with Gasteiger partial charge in [0.1, 0.15) is 23.3 Å². The standard InChI is InChI=1S/C32H34N2O7/c1-39-24-14-12-22(13-15-24)33-17-8-16-32-27(26-25(41-32)11-6-3-7-18-40-31(26)38)29(36)34(28(32)30(33)37)23(20-35)19-21-9-4-2-5-10-21/h2,4-6,8-16,23,25-28,35H,3,7,17-20H2,1H3/b11-6-/t23-,25-,26+,27+,28?,32+/m1/s1. The van der Waals surface area contributed by atoms with Gasteiger partial charge in [0.15, 0.2) is 0 Å². The van der Waals surface area contributed by atoms with Crippen LogP contribution in [-0.2, 0) is 30.3 Å². The first kappa shape index (κ1) is 27.2. The fourth-order valence-corrected chi connectivity index (χ4v) is 6.72. The largest absolute Gasteiger partial charge is 0.497 e. The number of esters is 1. The topological polar surface area (TPSA) is 106 Å². The van der Waals surface area contributed by atoms with E-state index in [4.69, 9.17) is 14.2 Å². The van der Waals surface area contributed by atoms with Crippen LogP contribution in [0.25, 0.3) is 0 Å². The van der Waals surface area contributed by atoms with Gasteiger partial charge in [0.25, 0.3) is 5.91 Å². The first-order valence-corrected chi connectivity index (χ1v) is 14.1. The molecule has 6 atom stereocenters. The lowest BCUT2D eigenvalue weighted by molar-refractivity contribution is -0.155. The highest BCUT2D eigenvalue weighted by Crippen LogP contribution is 2.54. The van der Waals surface area contributed by atoms with Crippen molar-refractivity contribution < 1.29 is 33.7 Å². The van der Waals surface area contributed by atoms with Gasteiger partial charge in [0.05, 0.1) is 38.4 Å². The second-order valence-electron chi connectivity index (χ2n) is 10.9. The minimum absolute atomic E-state index is 0.250. The summed E-state index contributed by atoms with van der Waals surface area (Å²) in [7, 11) is 1.57. The summed E-state index contributed by atoms with van der Waals surface area (Å²) < 4.78 is 17.6. The molecule has 0 aromatic heterocycles. The van der Waals surface area contributed by atoms with Crippen LogP contribution in [0, 0.1) is 11.8 Å². The molecule has 214 valence electrons. The SMILES string of the molecule is COc1ccc(N2CC=C[C@]34O[C@@H]5/C=C\CCCOC(=O)[C@@H]5[C@H]3C(=O)N([C@@H](CO)Cc3ccccc3)C4C2=O)cc1. The molecule has 9 heteroatoms. The zero-order chi connectivity index (χ0) is 28.6. The van der Waals surface area contributed by atoms with E-state index < -0.39 is 47.5 Å². The molecule has 4 aliphatic rings. The van der Waals surface area contributed by atoms with Gasteiger partial charge in [0.2, 0.25) is 5.91 Å². The Labute approximate surface area is 239 Å².